The molecule has 186 valence electrons. The van der Waals surface area contributed by atoms with Crippen LogP contribution < -0.4 is 20.9 Å². The lowest BCUT2D eigenvalue weighted by atomic mass is 9.96. The predicted molar refractivity (Wildman–Crippen MR) is 136 cm³/mol. The summed E-state index contributed by atoms with van der Waals surface area (Å²) in [6.45, 7) is 3.62. The molecule has 0 aromatic heterocycles. The van der Waals surface area contributed by atoms with Crippen molar-refractivity contribution in [2.24, 2.45) is 0 Å². The number of urea groups is 1. The molecule has 2 aromatic carbocycles. The van der Waals surface area contributed by atoms with Crippen LogP contribution in [0.25, 0.3) is 0 Å². The van der Waals surface area contributed by atoms with E-state index in [1.54, 1.807) is 0 Å². The second-order valence-electron chi connectivity index (χ2n) is 9.29. The van der Waals surface area contributed by atoms with E-state index in [1.807, 2.05) is 53.4 Å². The quantitative estimate of drug-likeness (QED) is 0.545. The van der Waals surface area contributed by atoms with Crippen LogP contribution in [0.4, 0.5) is 10.5 Å². The van der Waals surface area contributed by atoms with Crippen molar-refractivity contribution >= 4 is 23.5 Å². The largest absolute Gasteiger partial charge is 0.368 e. The first-order valence-corrected chi connectivity index (χ1v) is 12.5. The molecule has 1 heterocycles. The average molecular weight is 478 g/mol. The number of amides is 4. The Hall–Kier alpha value is -3.55. The van der Waals surface area contributed by atoms with E-state index < -0.39 is 5.54 Å². The molecule has 8 heteroatoms. The van der Waals surface area contributed by atoms with E-state index in [0.29, 0.717) is 32.5 Å². The van der Waals surface area contributed by atoms with E-state index in [1.165, 1.54) is 5.69 Å². The highest BCUT2D eigenvalue weighted by Gasteiger charge is 2.42. The van der Waals surface area contributed by atoms with Crippen LogP contribution in [0.2, 0.25) is 0 Å². The van der Waals surface area contributed by atoms with Crippen LogP contribution in [0, 0.1) is 0 Å². The highest BCUT2D eigenvalue weighted by atomic mass is 16.2. The van der Waals surface area contributed by atoms with Gasteiger partial charge in [-0.1, -0.05) is 61.4 Å². The van der Waals surface area contributed by atoms with Crippen molar-refractivity contribution in [2.75, 3.05) is 37.6 Å². The minimum atomic E-state index is -0.912. The molecule has 0 bridgehead atoms. The number of nitrogens with zero attached hydrogens (tertiary/aromatic N) is 2. The molecule has 8 nitrogen and oxygen atoms in total. The number of carbonyl (C=O) groups is 3. The Kier molecular flexibility index (Phi) is 8.23. The minimum Gasteiger partial charge on any atom is -0.368 e. The summed E-state index contributed by atoms with van der Waals surface area (Å²) in [7, 11) is 0. The van der Waals surface area contributed by atoms with Crippen molar-refractivity contribution in [1.82, 2.24) is 20.9 Å². The molecule has 0 radical (unpaired) electrons. The fourth-order valence-corrected chi connectivity index (χ4v) is 4.89. The van der Waals surface area contributed by atoms with Crippen molar-refractivity contribution < 1.29 is 14.4 Å². The molecule has 4 rings (SSSR count). The SMILES string of the molecule is O=C(NCc1ccccc1)NC1(C(=O)NCCC(=O)N2CCN(c3ccccc3)CC2)CCCC1. The van der Waals surface area contributed by atoms with Crippen molar-refractivity contribution in [3.8, 4) is 0 Å². The van der Waals surface area contributed by atoms with Gasteiger partial charge in [-0.3, -0.25) is 9.59 Å². The summed E-state index contributed by atoms with van der Waals surface area (Å²) in [5, 5.41) is 8.67. The summed E-state index contributed by atoms with van der Waals surface area (Å²) >= 11 is 0. The molecule has 2 fully saturated rings. The number of carbonyl (C=O) groups excluding carboxylic acids is 3. The number of anilines is 1. The average Bonchev–Trinajstić information content (AvgIpc) is 3.38. The molecule has 1 aliphatic heterocycles. The normalized spacial score (nSPS) is 17.0. The highest BCUT2D eigenvalue weighted by molar-refractivity contribution is 5.91. The molecule has 0 atom stereocenters. The monoisotopic (exact) mass is 477 g/mol. The van der Waals surface area contributed by atoms with Gasteiger partial charge in [-0.2, -0.15) is 0 Å². The van der Waals surface area contributed by atoms with Crippen molar-refractivity contribution in [1.29, 1.82) is 0 Å². The Morgan fingerprint density at radius 3 is 2.09 bits per heavy atom. The van der Waals surface area contributed by atoms with Gasteiger partial charge >= 0.3 is 6.03 Å². The third-order valence-corrected chi connectivity index (χ3v) is 6.92. The first-order chi connectivity index (χ1) is 17.1. The van der Waals surface area contributed by atoms with Gasteiger partial charge in [0.2, 0.25) is 11.8 Å². The summed E-state index contributed by atoms with van der Waals surface area (Å²) in [6, 6.07) is 19.5. The van der Waals surface area contributed by atoms with Gasteiger partial charge in [0.15, 0.2) is 0 Å². The van der Waals surface area contributed by atoms with Gasteiger partial charge < -0.3 is 25.8 Å². The molecule has 0 spiro atoms. The summed E-state index contributed by atoms with van der Waals surface area (Å²) in [4.78, 5) is 42.4. The number of hydrogen-bond acceptors (Lipinski definition) is 4. The molecule has 2 aliphatic rings. The van der Waals surface area contributed by atoms with Gasteiger partial charge in [-0.15, -0.1) is 0 Å². The third kappa shape index (κ3) is 6.53. The zero-order valence-corrected chi connectivity index (χ0v) is 20.2. The van der Waals surface area contributed by atoms with E-state index in [4.69, 9.17) is 0 Å². The maximum Gasteiger partial charge on any atom is 0.315 e. The van der Waals surface area contributed by atoms with Crippen LogP contribution >= 0.6 is 0 Å². The molecule has 35 heavy (non-hydrogen) atoms. The topological polar surface area (TPSA) is 93.8 Å². The maximum absolute atomic E-state index is 13.0. The number of hydrogen-bond donors (Lipinski definition) is 3. The van der Waals surface area contributed by atoms with Gasteiger partial charge in [-0.25, -0.2) is 4.79 Å². The Morgan fingerprint density at radius 2 is 1.43 bits per heavy atom. The number of piperazine rings is 1. The summed E-state index contributed by atoms with van der Waals surface area (Å²) < 4.78 is 0. The fraction of sp³-hybridized carbons (Fsp3) is 0.444. The lowest BCUT2D eigenvalue weighted by Gasteiger charge is -2.36. The zero-order valence-electron chi connectivity index (χ0n) is 20.2. The van der Waals surface area contributed by atoms with Crippen LogP contribution in [0.5, 0.6) is 0 Å². The molecule has 1 aliphatic carbocycles. The molecule has 4 amide bonds. The van der Waals surface area contributed by atoms with Gasteiger partial charge in [-0.05, 0) is 30.5 Å². The van der Waals surface area contributed by atoms with Crippen molar-refractivity contribution in [3.63, 3.8) is 0 Å². The summed E-state index contributed by atoms with van der Waals surface area (Å²) in [5.41, 5.74) is 1.26. The van der Waals surface area contributed by atoms with E-state index in [9.17, 15) is 14.4 Å². The first-order valence-electron chi connectivity index (χ1n) is 12.5. The molecule has 1 saturated heterocycles. The number of rotatable bonds is 8. The number of nitrogens with one attached hydrogen (secondary N) is 3. The van der Waals surface area contributed by atoms with Gasteiger partial charge in [0.25, 0.3) is 0 Å². The standard InChI is InChI=1S/C27H35N5O3/c33-24(32-19-17-31(18-20-32)23-11-5-2-6-12-23)13-16-28-25(34)27(14-7-8-15-27)30-26(35)29-21-22-9-3-1-4-10-22/h1-6,9-12H,7-8,13-21H2,(H,28,34)(H2,29,30,35). The lowest BCUT2D eigenvalue weighted by molar-refractivity contribution is -0.131. The van der Waals surface area contributed by atoms with Crippen LogP contribution in [-0.4, -0.2) is 61.0 Å². The van der Waals surface area contributed by atoms with Crippen LogP contribution in [0.15, 0.2) is 60.7 Å². The Morgan fingerprint density at radius 1 is 0.800 bits per heavy atom. The second kappa shape index (κ2) is 11.7. The molecule has 3 N–H and O–H groups in total. The Balaban J connectivity index is 1.20. The highest BCUT2D eigenvalue weighted by Crippen LogP contribution is 2.30. The fourth-order valence-electron chi connectivity index (χ4n) is 4.89. The Labute approximate surface area is 207 Å². The predicted octanol–water partition coefficient (Wildman–Crippen LogP) is 2.65. The Bertz CT molecular complexity index is 984. The summed E-state index contributed by atoms with van der Waals surface area (Å²) in [5.74, 6) is -0.154. The minimum absolute atomic E-state index is 0.0482. The smallest absolute Gasteiger partial charge is 0.315 e. The van der Waals surface area contributed by atoms with Crippen LogP contribution in [-0.2, 0) is 16.1 Å². The van der Waals surface area contributed by atoms with Gasteiger partial charge in [0.05, 0.1) is 0 Å². The molecular weight excluding hydrogens is 442 g/mol. The van der Waals surface area contributed by atoms with Gasteiger partial charge in [0.1, 0.15) is 5.54 Å². The van der Waals surface area contributed by atoms with E-state index >= 15 is 0 Å². The van der Waals surface area contributed by atoms with E-state index in [0.717, 1.165) is 31.5 Å². The molecule has 0 unspecified atom stereocenters. The first kappa shape index (κ1) is 24.6. The van der Waals surface area contributed by atoms with Crippen LogP contribution in [0.1, 0.15) is 37.7 Å². The molecule has 1 saturated carbocycles. The van der Waals surface area contributed by atoms with Gasteiger partial charge in [0, 0.05) is 51.4 Å². The zero-order chi connectivity index (χ0) is 24.5. The lowest BCUT2D eigenvalue weighted by Crippen LogP contribution is -2.59. The number of benzene rings is 2. The number of para-hydroxylation sites is 1. The summed E-state index contributed by atoms with van der Waals surface area (Å²) in [6.07, 6.45) is 3.24. The molecular formula is C27H35N5O3. The second-order valence-corrected chi connectivity index (χ2v) is 9.29. The molecule has 2 aromatic rings. The van der Waals surface area contributed by atoms with E-state index in [2.05, 4.69) is 33.0 Å². The van der Waals surface area contributed by atoms with Crippen molar-refractivity contribution in [3.05, 3.63) is 66.2 Å². The van der Waals surface area contributed by atoms with Crippen molar-refractivity contribution in [2.45, 2.75) is 44.2 Å². The maximum atomic E-state index is 13.0. The third-order valence-electron chi connectivity index (χ3n) is 6.92. The van der Waals surface area contributed by atoms with Crippen LogP contribution in [0.3, 0.4) is 0 Å². The van der Waals surface area contributed by atoms with E-state index in [-0.39, 0.29) is 30.8 Å².